The van der Waals surface area contributed by atoms with Gasteiger partial charge in [0.2, 0.25) is 0 Å². The Bertz CT molecular complexity index is 166. The van der Waals surface area contributed by atoms with Crippen LogP contribution in [-0.2, 0) is 9.53 Å². The molecule has 0 radical (unpaired) electrons. The van der Waals surface area contributed by atoms with Crippen LogP contribution in [0.4, 0.5) is 0 Å². The third kappa shape index (κ3) is 7.53. The molecule has 0 aliphatic heterocycles. The van der Waals surface area contributed by atoms with Crippen LogP contribution >= 0.6 is 0 Å². The zero-order chi connectivity index (χ0) is 10.1. The maximum atomic E-state index is 10.6. The van der Waals surface area contributed by atoms with Crippen molar-refractivity contribution in [1.82, 2.24) is 0 Å². The van der Waals surface area contributed by atoms with E-state index in [1.165, 1.54) is 13.2 Å². The third-order valence-corrected chi connectivity index (χ3v) is 1.93. The first-order chi connectivity index (χ1) is 6.20. The van der Waals surface area contributed by atoms with Crippen molar-refractivity contribution in [2.75, 3.05) is 13.7 Å². The summed E-state index contributed by atoms with van der Waals surface area (Å²) in [5.41, 5.74) is 5.46. The van der Waals surface area contributed by atoms with Crippen molar-refractivity contribution in [2.45, 2.75) is 26.2 Å². The second-order valence-corrected chi connectivity index (χ2v) is 3.20. The molecule has 1 atom stereocenters. The zero-order valence-electron chi connectivity index (χ0n) is 8.45. The van der Waals surface area contributed by atoms with Crippen LogP contribution in [0.5, 0.6) is 0 Å². The normalized spacial score (nSPS) is 13.2. The molecule has 0 rings (SSSR count). The Morgan fingerprint density at radius 3 is 2.85 bits per heavy atom. The van der Waals surface area contributed by atoms with E-state index in [4.69, 9.17) is 5.73 Å². The van der Waals surface area contributed by atoms with Gasteiger partial charge in [-0.25, -0.2) is 4.79 Å². The molecule has 3 nitrogen and oxygen atoms in total. The second-order valence-electron chi connectivity index (χ2n) is 3.20. The van der Waals surface area contributed by atoms with Crippen LogP contribution in [-0.4, -0.2) is 19.6 Å². The first-order valence-electron chi connectivity index (χ1n) is 4.65. The van der Waals surface area contributed by atoms with Crippen molar-refractivity contribution in [2.24, 2.45) is 11.7 Å². The highest BCUT2D eigenvalue weighted by Crippen LogP contribution is 2.06. The molecule has 0 aliphatic rings. The number of allylic oxidation sites excluding steroid dienone is 1. The highest BCUT2D eigenvalue weighted by Gasteiger charge is 1.96. The monoisotopic (exact) mass is 185 g/mol. The van der Waals surface area contributed by atoms with Crippen molar-refractivity contribution in [3.8, 4) is 0 Å². The van der Waals surface area contributed by atoms with Gasteiger partial charge in [0.1, 0.15) is 0 Å². The van der Waals surface area contributed by atoms with Crippen LogP contribution in [0.3, 0.4) is 0 Å². The summed E-state index contributed by atoms with van der Waals surface area (Å²) < 4.78 is 4.45. The summed E-state index contributed by atoms with van der Waals surface area (Å²) in [6.07, 6.45) is 6.41. The van der Waals surface area contributed by atoms with Crippen LogP contribution in [0.25, 0.3) is 0 Å². The molecule has 0 aromatic carbocycles. The van der Waals surface area contributed by atoms with Crippen LogP contribution < -0.4 is 5.73 Å². The molecule has 0 amide bonds. The average molecular weight is 185 g/mol. The minimum atomic E-state index is -0.285. The predicted molar refractivity (Wildman–Crippen MR) is 53.2 cm³/mol. The minimum absolute atomic E-state index is 0.285. The SMILES string of the molecule is COC(=O)C=CCCCC(C)CN. The lowest BCUT2D eigenvalue weighted by atomic mass is 10.0. The summed E-state index contributed by atoms with van der Waals surface area (Å²) >= 11 is 0. The molecule has 0 saturated heterocycles. The number of carbonyl (C=O) groups is 1. The van der Waals surface area contributed by atoms with Gasteiger partial charge in [0.15, 0.2) is 0 Å². The molecule has 1 unspecified atom stereocenters. The van der Waals surface area contributed by atoms with E-state index in [9.17, 15) is 4.79 Å². The summed E-state index contributed by atoms with van der Waals surface area (Å²) in [5, 5.41) is 0. The number of hydrogen-bond acceptors (Lipinski definition) is 3. The Kier molecular flexibility index (Phi) is 7.30. The van der Waals surface area contributed by atoms with Gasteiger partial charge >= 0.3 is 5.97 Å². The van der Waals surface area contributed by atoms with Gasteiger partial charge in [-0.3, -0.25) is 0 Å². The maximum Gasteiger partial charge on any atom is 0.330 e. The van der Waals surface area contributed by atoms with E-state index in [-0.39, 0.29) is 5.97 Å². The lowest BCUT2D eigenvalue weighted by Crippen LogP contribution is -2.10. The number of ether oxygens (including phenoxy) is 1. The minimum Gasteiger partial charge on any atom is -0.466 e. The standard InChI is InChI=1S/C10H19NO2/c1-9(8-11)6-4-3-5-7-10(12)13-2/h5,7,9H,3-4,6,8,11H2,1-2H3. The predicted octanol–water partition coefficient (Wildman–Crippen LogP) is 1.48. The molecular weight excluding hydrogens is 166 g/mol. The number of rotatable bonds is 6. The van der Waals surface area contributed by atoms with Gasteiger partial charge < -0.3 is 10.5 Å². The molecule has 0 bridgehead atoms. The number of carbonyl (C=O) groups excluding carboxylic acids is 1. The molecule has 3 heteroatoms. The molecule has 0 heterocycles. The molecule has 0 spiro atoms. The van der Waals surface area contributed by atoms with Gasteiger partial charge in [-0.15, -0.1) is 0 Å². The zero-order valence-corrected chi connectivity index (χ0v) is 8.45. The number of nitrogens with two attached hydrogens (primary N) is 1. The van der Waals surface area contributed by atoms with Crippen molar-refractivity contribution in [3.63, 3.8) is 0 Å². The Balaban J connectivity index is 3.35. The molecule has 2 N–H and O–H groups in total. The van der Waals surface area contributed by atoms with Crippen LogP contribution in [0.2, 0.25) is 0 Å². The van der Waals surface area contributed by atoms with E-state index >= 15 is 0 Å². The number of methoxy groups -OCH3 is 1. The molecule has 0 saturated carbocycles. The fraction of sp³-hybridized carbons (Fsp3) is 0.700. The summed E-state index contributed by atoms with van der Waals surface area (Å²) in [6.45, 7) is 2.87. The van der Waals surface area contributed by atoms with Crippen molar-refractivity contribution in [3.05, 3.63) is 12.2 Å². The van der Waals surface area contributed by atoms with Gasteiger partial charge in [-0.2, -0.15) is 0 Å². The van der Waals surface area contributed by atoms with Crippen molar-refractivity contribution in [1.29, 1.82) is 0 Å². The topological polar surface area (TPSA) is 52.3 Å². The maximum absolute atomic E-state index is 10.6. The Morgan fingerprint density at radius 1 is 1.62 bits per heavy atom. The second kappa shape index (κ2) is 7.80. The molecule has 0 aromatic heterocycles. The Hall–Kier alpha value is -0.830. The molecule has 0 fully saturated rings. The van der Waals surface area contributed by atoms with E-state index in [1.54, 1.807) is 0 Å². The van der Waals surface area contributed by atoms with Gasteiger partial charge in [-0.05, 0) is 31.7 Å². The summed E-state index contributed by atoms with van der Waals surface area (Å²) in [6, 6.07) is 0. The smallest absolute Gasteiger partial charge is 0.330 e. The highest BCUT2D eigenvalue weighted by atomic mass is 16.5. The largest absolute Gasteiger partial charge is 0.466 e. The average Bonchev–Trinajstić information content (AvgIpc) is 2.16. The first kappa shape index (κ1) is 12.2. The number of unbranched alkanes of at least 4 members (excludes halogenated alkanes) is 1. The van der Waals surface area contributed by atoms with E-state index in [2.05, 4.69) is 11.7 Å². The molecular formula is C10H19NO2. The van der Waals surface area contributed by atoms with Crippen molar-refractivity contribution >= 4 is 5.97 Å². The molecule has 76 valence electrons. The fourth-order valence-corrected chi connectivity index (χ4v) is 0.950. The Morgan fingerprint density at radius 2 is 2.31 bits per heavy atom. The van der Waals surface area contributed by atoms with E-state index in [0.29, 0.717) is 5.92 Å². The third-order valence-electron chi connectivity index (χ3n) is 1.93. The lowest BCUT2D eigenvalue weighted by molar-refractivity contribution is -0.134. The molecule has 0 aromatic rings. The van der Waals surface area contributed by atoms with Crippen LogP contribution in [0.1, 0.15) is 26.2 Å². The van der Waals surface area contributed by atoms with E-state index in [0.717, 1.165) is 25.8 Å². The first-order valence-corrected chi connectivity index (χ1v) is 4.65. The summed E-state index contributed by atoms with van der Waals surface area (Å²) in [7, 11) is 1.38. The Labute approximate surface area is 79.9 Å². The van der Waals surface area contributed by atoms with Crippen LogP contribution in [0.15, 0.2) is 12.2 Å². The van der Waals surface area contributed by atoms with Gasteiger partial charge in [0.05, 0.1) is 7.11 Å². The molecule has 13 heavy (non-hydrogen) atoms. The quantitative estimate of drug-likeness (QED) is 0.387. The van der Waals surface area contributed by atoms with Gasteiger partial charge in [-0.1, -0.05) is 13.0 Å². The van der Waals surface area contributed by atoms with Crippen LogP contribution in [0, 0.1) is 5.92 Å². The fourth-order valence-electron chi connectivity index (χ4n) is 0.950. The summed E-state index contributed by atoms with van der Waals surface area (Å²) in [4.78, 5) is 10.6. The number of esters is 1. The highest BCUT2D eigenvalue weighted by molar-refractivity contribution is 5.81. The van der Waals surface area contributed by atoms with Gasteiger partial charge in [0.25, 0.3) is 0 Å². The van der Waals surface area contributed by atoms with Gasteiger partial charge in [0, 0.05) is 6.08 Å². The van der Waals surface area contributed by atoms with E-state index < -0.39 is 0 Å². The molecule has 0 aliphatic carbocycles. The van der Waals surface area contributed by atoms with Crippen molar-refractivity contribution < 1.29 is 9.53 Å². The van der Waals surface area contributed by atoms with E-state index in [1.807, 2.05) is 6.08 Å². The lowest BCUT2D eigenvalue weighted by Gasteiger charge is -2.05. The number of hydrogen-bond donors (Lipinski definition) is 1. The summed E-state index contributed by atoms with van der Waals surface area (Å²) in [5.74, 6) is 0.290.